The predicted octanol–water partition coefficient (Wildman–Crippen LogP) is 2.89. The van der Waals surface area contributed by atoms with Crippen LogP contribution >= 0.6 is 0 Å². The Bertz CT molecular complexity index is 2020. The molecule has 0 aliphatic carbocycles. The fraction of sp³-hybridized carbons (Fsp3) is 0.394. The molecule has 2 aromatic carbocycles. The Labute approximate surface area is 274 Å². The number of fused-ring (bicyclic) bond motifs is 2. The largest absolute Gasteiger partial charge is 0.468 e. The molecule has 1 N–H and O–H groups in total. The van der Waals surface area contributed by atoms with Crippen LogP contribution < -0.4 is 5.32 Å². The minimum atomic E-state index is -0.471. The van der Waals surface area contributed by atoms with E-state index in [2.05, 4.69) is 25.5 Å². The number of methoxy groups -OCH3 is 1. The highest BCUT2D eigenvalue weighted by molar-refractivity contribution is 6.00. The van der Waals surface area contributed by atoms with Crippen LogP contribution in [0.3, 0.4) is 0 Å². The Morgan fingerprint density at radius 1 is 1.04 bits per heavy atom. The van der Waals surface area contributed by atoms with E-state index in [0.29, 0.717) is 53.7 Å². The van der Waals surface area contributed by atoms with E-state index in [9.17, 15) is 19.2 Å². The van der Waals surface area contributed by atoms with Gasteiger partial charge in [-0.25, -0.2) is 9.07 Å². The van der Waals surface area contributed by atoms with E-state index in [1.165, 1.54) is 24.8 Å². The van der Waals surface area contributed by atoms with Crippen molar-refractivity contribution in [2.24, 2.45) is 7.05 Å². The third-order valence-corrected chi connectivity index (χ3v) is 8.72. The fourth-order valence-corrected chi connectivity index (χ4v) is 6.19. The van der Waals surface area contributed by atoms with Gasteiger partial charge in [0.1, 0.15) is 30.4 Å². The highest BCUT2D eigenvalue weighted by atomic mass is 19.1. The number of ether oxygens (including phenoxy) is 1. The van der Waals surface area contributed by atoms with Gasteiger partial charge in [0.25, 0.3) is 0 Å². The summed E-state index contributed by atoms with van der Waals surface area (Å²) in [5, 5.41) is 21.4. The van der Waals surface area contributed by atoms with E-state index in [-0.39, 0.29) is 56.0 Å². The fourth-order valence-electron chi connectivity index (χ4n) is 6.19. The lowest BCUT2D eigenvalue weighted by atomic mass is 9.88. The number of piperidine rings is 1. The molecule has 2 amide bonds. The summed E-state index contributed by atoms with van der Waals surface area (Å²) in [5.74, 6) is -1.32. The first-order valence-corrected chi connectivity index (χ1v) is 15.7. The van der Waals surface area contributed by atoms with Gasteiger partial charge in [0.15, 0.2) is 0 Å². The number of hydrogen-bond acceptors (Lipinski definition) is 9. The van der Waals surface area contributed by atoms with E-state index < -0.39 is 11.8 Å². The van der Waals surface area contributed by atoms with E-state index in [4.69, 9.17) is 5.10 Å². The number of benzene rings is 2. The van der Waals surface area contributed by atoms with E-state index in [1.54, 1.807) is 39.8 Å². The lowest BCUT2D eigenvalue weighted by Gasteiger charge is -2.31. The Balaban J connectivity index is 1.29. The number of carbonyl (C=O) groups is 4. The van der Waals surface area contributed by atoms with Gasteiger partial charge >= 0.3 is 5.97 Å². The van der Waals surface area contributed by atoms with Crippen LogP contribution in [-0.4, -0.2) is 83.2 Å². The summed E-state index contributed by atoms with van der Waals surface area (Å²) in [6.45, 7) is 2.37. The van der Waals surface area contributed by atoms with Gasteiger partial charge in [-0.2, -0.15) is 10.2 Å². The zero-order valence-corrected chi connectivity index (χ0v) is 27.0. The van der Waals surface area contributed by atoms with Crippen molar-refractivity contribution in [2.45, 2.75) is 58.2 Å². The van der Waals surface area contributed by atoms with Crippen molar-refractivity contribution < 1.29 is 28.3 Å². The van der Waals surface area contributed by atoms with Crippen molar-refractivity contribution in [1.29, 1.82) is 0 Å². The molecular formula is C33H36FN9O5. The maximum atomic E-state index is 15.7. The molecule has 14 nitrogen and oxygen atoms in total. The Hall–Kier alpha value is -5.47. The van der Waals surface area contributed by atoms with Crippen LogP contribution in [0.2, 0.25) is 0 Å². The quantitative estimate of drug-likeness (QED) is 0.211. The highest BCUT2D eigenvalue weighted by Crippen LogP contribution is 2.39. The minimum Gasteiger partial charge on any atom is -0.468 e. The molecule has 3 aromatic heterocycles. The molecule has 0 atom stereocenters. The first-order valence-electron chi connectivity index (χ1n) is 15.7. The summed E-state index contributed by atoms with van der Waals surface area (Å²) < 4.78 is 25.0. The number of amides is 2. The van der Waals surface area contributed by atoms with Gasteiger partial charge < -0.3 is 19.7 Å². The van der Waals surface area contributed by atoms with Gasteiger partial charge in [0.05, 0.1) is 42.8 Å². The lowest BCUT2D eigenvalue weighted by Crippen LogP contribution is -2.38. The number of esters is 1. The van der Waals surface area contributed by atoms with Crippen molar-refractivity contribution in [3.8, 4) is 11.1 Å². The first-order chi connectivity index (χ1) is 23.1. The normalized spacial score (nSPS) is 13.7. The molecule has 1 fully saturated rings. The number of carbonyl (C=O) groups excluding carboxylic acids is 4. The summed E-state index contributed by atoms with van der Waals surface area (Å²) in [5.41, 5.74) is 3.69. The lowest BCUT2D eigenvalue weighted by molar-refractivity contribution is -0.141. The maximum absolute atomic E-state index is 15.7. The molecular weight excluding hydrogens is 621 g/mol. The molecule has 0 spiro atoms. The van der Waals surface area contributed by atoms with Crippen LogP contribution in [-0.2, 0) is 50.6 Å². The average Bonchev–Trinajstić information content (AvgIpc) is 3.79. The molecule has 0 bridgehead atoms. The molecule has 48 heavy (non-hydrogen) atoms. The van der Waals surface area contributed by atoms with Crippen LogP contribution in [0.25, 0.3) is 32.9 Å². The number of ketones is 1. The summed E-state index contributed by atoms with van der Waals surface area (Å²) in [6, 6.07) is 8.79. The van der Waals surface area contributed by atoms with Crippen LogP contribution in [0.5, 0.6) is 0 Å². The third-order valence-electron chi connectivity index (χ3n) is 8.72. The molecule has 0 radical (unpaired) electrons. The third kappa shape index (κ3) is 6.80. The topological polar surface area (TPSA) is 159 Å². The van der Waals surface area contributed by atoms with Crippen LogP contribution in [0.1, 0.15) is 49.9 Å². The van der Waals surface area contributed by atoms with Gasteiger partial charge in [-0.3, -0.25) is 23.7 Å². The monoisotopic (exact) mass is 657 g/mol. The summed E-state index contributed by atoms with van der Waals surface area (Å²) in [4.78, 5) is 50.7. The van der Waals surface area contributed by atoms with Gasteiger partial charge in [-0.15, -0.1) is 5.10 Å². The van der Waals surface area contributed by atoms with Crippen LogP contribution in [0.4, 0.5) is 4.39 Å². The Kier molecular flexibility index (Phi) is 9.28. The number of nitrogens with one attached hydrogen (secondary N) is 1. The Morgan fingerprint density at radius 3 is 2.58 bits per heavy atom. The predicted molar refractivity (Wildman–Crippen MR) is 172 cm³/mol. The van der Waals surface area contributed by atoms with Gasteiger partial charge in [0, 0.05) is 55.2 Å². The standard InChI is InChI=1S/C33H36FN9O5/c1-20(44)7-8-30(46)41-11-9-21(10-12-41)33-32-24(25-14-28-22(13-26(25)34)15-36-40(28)2)5-4-6-27(32)43(38-33)18-29(45)35-16-23-17-42(39-37-23)19-31(47)48-3/h4-6,13-15,17,21H,7-12,16,18-19H2,1-3H3,(H,35,45). The molecule has 15 heteroatoms. The summed E-state index contributed by atoms with van der Waals surface area (Å²) in [6.07, 6.45) is 4.84. The number of hydrogen-bond donors (Lipinski definition) is 1. The number of aromatic nitrogens is 7. The van der Waals surface area contributed by atoms with E-state index in [0.717, 1.165) is 16.6 Å². The Morgan fingerprint density at radius 2 is 1.83 bits per heavy atom. The van der Waals surface area contributed by atoms with Crippen molar-refractivity contribution in [1.82, 2.24) is 44.8 Å². The van der Waals surface area contributed by atoms with Crippen LogP contribution in [0, 0.1) is 5.82 Å². The first kappa shape index (κ1) is 32.5. The molecule has 1 saturated heterocycles. The smallest absolute Gasteiger partial charge is 0.327 e. The van der Waals surface area contributed by atoms with Crippen molar-refractivity contribution in [2.75, 3.05) is 20.2 Å². The number of Topliss-reactive ketones (excluding diaryl/α,β-unsaturated/α-hetero) is 1. The zero-order valence-electron chi connectivity index (χ0n) is 27.0. The zero-order chi connectivity index (χ0) is 33.9. The SMILES string of the molecule is COC(=O)Cn1cc(CNC(=O)Cn2nc(C3CCN(C(=O)CCC(C)=O)CC3)c3c(-c4cc5c(cnn5C)cc4F)cccc32)nn1. The van der Waals surface area contributed by atoms with Gasteiger partial charge in [0.2, 0.25) is 11.8 Å². The molecule has 1 aliphatic rings. The van der Waals surface area contributed by atoms with Gasteiger partial charge in [-0.1, -0.05) is 17.3 Å². The van der Waals surface area contributed by atoms with Crippen molar-refractivity contribution >= 4 is 45.4 Å². The van der Waals surface area contributed by atoms with E-state index >= 15 is 4.39 Å². The molecule has 0 unspecified atom stereocenters. The number of likely N-dealkylation sites (tertiary alicyclic amines) is 1. The van der Waals surface area contributed by atoms with Gasteiger partial charge in [-0.05, 0) is 43.5 Å². The summed E-state index contributed by atoms with van der Waals surface area (Å²) in [7, 11) is 3.09. The molecule has 250 valence electrons. The molecule has 0 saturated carbocycles. The number of halogens is 1. The molecule has 1 aliphatic heterocycles. The van der Waals surface area contributed by atoms with Crippen molar-refractivity contribution in [3.63, 3.8) is 0 Å². The summed E-state index contributed by atoms with van der Waals surface area (Å²) >= 11 is 0. The molecule has 5 aromatic rings. The molecule has 4 heterocycles. The highest BCUT2D eigenvalue weighted by Gasteiger charge is 2.29. The second kappa shape index (κ2) is 13.7. The van der Waals surface area contributed by atoms with E-state index in [1.807, 2.05) is 18.2 Å². The second-order valence-electron chi connectivity index (χ2n) is 12.0. The number of nitrogens with zero attached hydrogens (tertiary/aromatic N) is 8. The maximum Gasteiger partial charge on any atom is 0.327 e. The van der Waals surface area contributed by atoms with Crippen molar-refractivity contribution in [3.05, 3.63) is 59.9 Å². The average molecular weight is 658 g/mol. The minimum absolute atomic E-state index is 0.0201. The second-order valence-corrected chi connectivity index (χ2v) is 12.0. The van der Waals surface area contributed by atoms with Crippen LogP contribution in [0.15, 0.2) is 42.7 Å². The molecule has 6 rings (SSSR count). The number of aryl methyl sites for hydroxylation is 1. The number of rotatable bonds is 11.